The van der Waals surface area contributed by atoms with E-state index in [9.17, 15) is 10.1 Å². The molecule has 1 aliphatic carbocycles. The third-order valence-corrected chi connectivity index (χ3v) is 1.28. The highest BCUT2D eigenvalue weighted by Gasteiger charge is 2.23. The lowest BCUT2D eigenvalue weighted by atomic mass is 10.3. The largest absolute Gasteiger partial charge is 0.279 e. The lowest BCUT2D eigenvalue weighted by Crippen LogP contribution is -1.92. The van der Waals surface area contributed by atoms with E-state index in [0.717, 1.165) is 6.54 Å². The standard InChI is InChI=1S/C5H8NO2/c7-6(8)4-3-5-1-2-5/h4-5H,1-3H2. The summed E-state index contributed by atoms with van der Waals surface area (Å²) in [5.74, 6) is 0.639. The maximum absolute atomic E-state index is 9.68. The van der Waals surface area contributed by atoms with Gasteiger partial charge in [-0.1, -0.05) is 0 Å². The molecule has 45 valence electrons. The first-order chi connectivity index (χ1) is 3.79. The SMILES string of the molecule is O=[N+]([O-])[CH]CC1CC1. The van der Waals surface area contributed by atoms with Crippen LogP contribution in [0, 0.1) is 22.6 Å². The monoisotopic (exact) mass is 114 g/mol. The maximum Gasteiger partial charge on any atom is 0.279 e. The molecule has 8 heavy (non-hydrogen) atoms. The topological polar surface area (TPSA) is 43.1 Å². The molecule has 0 N–H and O–H groups in total. The zero-order valence-electron chi connectivity index (χ0n) is 4.54. The van der Waals surface area contributed by atoms with Gasteiger partial charge in [0.1, 0.15) is 0 Å². The van der Waals surface area contributed by atoms with E-state index < -0.39 is 0 Å². The van der Waals surface area contributed by atoms with Crippen molar-refractivity contribution in [3.8, 4) is 0 Å². The lowest BCUT2D eigenvalue weighted by Gasteiger charge is -1.84. The third kappa shape index (κ3) is 1.91. The van der Waals surface area contributed by atoms with Crippen molar-refractivity contribution < 1.29 is 4.92 Å². The Balaban J connectivity index is 1.95. The van der Waals surface area contributed by atoms with Gasteiger partial charge in [0.15, 0.2) is 0 Å². The Morgan fingerprint density at radius 2 is 2.38 bits per heavy atom. The van der Waals surface area contributed by atoms with Gasteiger partial charge in [0.25, 0.3) is 6.54 Å². The van der Waals surface area contributed by atoms with Crippen molar-refractivity contribution in [2.24, 2.45) is 5.92 Å². The zero-order valence-corrected chi connectivity index (χ0v) is 4.54. The molecular formula is C5H8NO2. The fourth-order valence-electron chi connectivity index (χ4n) is 0.589. The molecule has 1 radical (unpaired) electrons. The van der Waals surface area contributed by atoms with Crippen molar-refractivity contribution in [1.82, 2.24) is 0 Å². The van der Waals surface area contributed by atoms with E-state index in [1.807, 2.05) is 0 Å². The highest BCUT2D eigenvalue weighted by molar-refractivity contribution is 4.75. The summed E-state index contributed by atoms with van der Waals surface area (Å²) in [7, 11) is 0. The predicted octanol–water partition coefficient (Wildman–Crippen LogP) is 1.22. The van der Waals surface area contributed by atoms with E-state index in [1.165, 1.54) is 12.8 Å². The highest BCUT2D eigenvalue weighted by Crippen LogP contribution is 2.32. The van der Waals surface area contributed by atoms with Crippen molar-refractivity contribution in [2.75, 3.05) is 0 Å². The molecule has 1 fully saturated rings. The van der Waals surface area contributed by atoms with Gasteiger partial charge in [0.05, 0.1) is 0 Å². The number of rotatable bonds is 3. The first-order valence-corrected chi connectivity index (χ1v) is 2.76. The Labute approximate surface area is 47.8 Å². The van der Waals surface area contributed by atoms with Crippen LogP contribution in [0.5, 0.6) is 0 Å². The molecule has 0 unspecified atom stereocenters. The molecule has 0 spiro atoms. The Kier molecular flexibility index (Phi) is 1.46. The summed E-state index contributed by atoms with van der Waals surface area (Å²) < 4.78 is 0. The summed E-state index contributed by atoms with van der Waals surface area (Å²) in [5, 5.41) is 9.68. The maximum atomic E-state index is 9.68. The number of nitro groups is 1. The summed E-state index contributed by atoms with van der Waals surface area (Å²) in [6, 6.07) is 0. The molecule has 1 rings (SSSR count). The molecule has 0 amide bonds. The quantitative estimate of drug-likeness (QED) is 0.409. The van der Waals surface area contributed by atoms with Crippen LogP contribution in [0.1, 0.15) is 19.3 Å². The van der Waals surface area contributed by atoms with E-state index in [2.05, 4.69) is 0 Å². The van der Waals surface area contributed by atoms with Crippen molar-refractivity contribution >= 4 is 0 Å². The van der Waals surface area contributed by atoms with E-state index in [1.54, 1.807) is 0 Å². The Hall–Kier alpha value is -0.600. The van der Waals surface area contributed by atoms with Crippen LogP contribution in [-0.4, -0.2) is 4.92 Å². The van der Waals surface area contributed by atoms with Crippen LogP contribution in [0.4, 0.5) is 0 Å². The third-order valence-electron chi connectivity index (χ3n) is 1.28. The molecule has 3 heteroatoms. The summed E-state index contributed by atoms with van der Waals surface area (Å²) >= 11 is 0. The van der Waals surface area contributed by atoms with Crippen LogP contribution >= 0.6 is 0 Å². The second-order valence-electron chi connectivity index (χ2n) is 2.15. The first-order valence-electron chi connectivity index (χ1n) is 2.76. The van der Waals surface area contributed by atoms with Gasteiger partial charge in [-0.2, -0.15) is 0 Å². The molecule has 0 aromatic heterocycles. The molecular weight excluding hydrogens is 106 g/mol. The Bertz CT molecular complexity index is 98.6. The number of nitrogens with zero attached hydrogens (tertiary/aromatic N) is 1. The molecule has 0 aliphatic heterocycles. The van der Waals surface area contributed by atoms with Gasteiger partial charge in [-0.25, -0.2) is 0 Å². The van der Waals surface area contributed by atoms with Gasteiger partial charge in [-0.05, 0) is 18.8 Å². The summed E-state index contributed by atoms with van der Waals surface area (Å²) in [6.07, 6.45) is 3.04. The van der Waals surface area contributed by atoms with Gasteiger partial charge < -0.3 is 0 Å². The minimum atomic E-state index is -0.363. The molecule has 1 saturated carbocycles. The summed E-state index contributed by atoms with van der Waals surface area (Å²) in [5.41, 5.74) is 0. The molecule has 0 saturated heterocycles. The molecule has 0 aromatic carbocycles. The second kappa shape index (κ2) is 2.11. The first kappa shape index (κ1) is 5.54. The average molecular weight is 114 g/mol. The van der Waals surface area contributed by atoms with Crippen molar-refractivity contribution in [3.63, 3.8) is 0 Å². The zero-order chi connectivity index (χ0) is 5.98. The Morgan fingerprint density at radius 3 is 2.75 bits per heavy atom. The number of hydrogen-bond acceptors (Lipinski definition) is 2. The van der Waals surface area contributed by atoms with Crippen molar-refractivity contribution in [1.29, 1.82) is 0 Å². The minimum absolute atomic E-state index is 0.363. The van der Waals surface area contributed by atoms with E-state index in [4.69, 9.17) is 0 Å². The fourth-order valence-corrected chi connectivity index (χ4v) is 0.589. The van der Waals surface area contributed by atoms with Crippen molar-refractivity contribution in [3.05, 3.63) is 16.7 Å². The van der Waals surface area contributed by atoms with Crippen LogP contribution in [-0.2, 0) is 0 Å². The van der Waals surface area contributed by atoms with Gasteiger partial charge in [-0.15, -0.1) is 0 Å². The minimum Gasteiger partial charge on any atom is -0.264 e. The molecule has 0 bridgehead atoms. The van der Waals surface area contributed by atoms with Crippen LogP contribution in [0.3, 0.4) is 0 Å². The summed E-state index contributed by atoms with van der Waals surface area (Å²) in [6.45, 7) is 1.15. The molecule has 1 aliphatic rings. The normalized spacial score (nSPS) is 18.5. The van der Waals surface area contributed by atoms with Gasteiger partial charge >= 0.3 is 0 Å². The van der Waals surface area contributed by atoms with Gasteiger partial charge in [0.2, 0.25) is 0 Å². The van der Waals surface area contributed by atoms with Crippen LogP contribution in [0.15, 0.2) is 0 Å². The van der Waals surface area contributed by atoms with E-state index in [-0.39, 0.29) is 4.92 Å². The van der Waals surface area contributed by atoms with Crippen LogP contribution < -0.4 is 0 Å². The second-order valence-corrected chi connectivity index (χ2v) is 2.15. The Morgan fingerprint density at radius 1 is 1.75 bits per heavy atom. The number of hydrogen-bond donors (Lipinski definition) is 0. The molecule has 0 heterocycles. The lowest BCUT2D eigenvalue weighted by molar-refractivity contribution is -0.438. The average Bonchev–Trinajstić information content (AvgIpc) is 2.41. The molecule has 3 nitrogen and oxygen atoms in total. The van der Waals surface area contributed by atoms with Gasteiger partial charge in [0, 0.05) is 11.3 Å². The highest BCUT2D eigenvalue weighted by atomic mass is 16.6. The van der Waals surface area contributed by atoms with Gasteiger partial charge in [-0.3, -0.25) is 10.1 Å². The predicted molar refractivity (Wildman–Crippen MR) is 28.6 cm³/mol. The van der Waals surface area contributed by atoms with Crippen molar-refractivity contribution in [2.45, 2.75) is 19.3 Å². The van der Waals surface area contributed by atoms with E-state index in [0.29, 0.717) is 12.3 Å². The summed E-state index contributed by atoms with van der Waals surface area (Å²) in [4.78, 5) is 9.32. The molecule has 0 aromatic rings. The van der Waals surface area contributed by atoms with Crippen LogP contribution in [0.25, 0.3) is 0 Å². The fraction of sp³-hybridized carbons (Fsp3) is 0.800. The molecule has 0 atom stereocenters. The van der Waals surface area contributed by atoms with E-state index >= 15 is 0 Å². The van der Waals surface area contributed by atoms with Crippen LogP contribution in [0.2, 0.25) is 0 Å². The smallest absolute Gasteiger partial charge is 0.264 e.